The van der Waals surface area contributed by atoms with E-state index in [0.29, 0.717) is 22.4 Å². The van der Waals surface area contributed by atoms with Crippen molar-refractivity contribution in [1.29, 1.82) is 0 Å². The quantitative estimate of drug-likeness (QED) is 0.0459. The molecule has 0 amide bonds. The van der Waals surface area contributed by atoms with Gasteiger partial charge in [0, 0.05) is 49.3 Å². The van der Waals surface area contributed by atoms with Crippen molar-refractivity contribution >= 4 is 41.7 Å². The van der Waals surface area contributed by atoms with Crippen molar-refractivity contribution in [3.8, 4) is 5.75 Å². The first kappa shape index (κ1) is 39.3. The number of H-pyrrole nitrogens is 1. The molecular formula is C28H33N8NaO12PS+. The Morgan fingerprint density at radius 1 is 1.16 bits per heavy atom. The third kappa shape index (κ3) is 8.21. The summed E-state index contributed by atoms with van der Waals surface area (Å²) in [5, 5.41) is 40.9. The van der Waals surface area contributed by atoms with Gasteiger partial charge in [0.25, 0.3) is 5.56 Å². The van der Waals surface area contributed by atoms with Gasteiger partial charge in [0.2, 0.25) is 0 Å². The molecule has 6 rings (SSSR count). The first-order valence-electron chi connectivity index (χ1n) is 15.0. The van der Waals surface area contributed by atoms with E-state index in [1.807, 2.05) is 0 Å². The first-order chi connectivity index (χ1) is 23.9. The number of aromatic amines is 1. The summed E-state index contributed by atoms with van der Waals surface area (Å²) in [6.45, 7) is -3.83. The van der Waals surface area contributed by atoms with Crippen LogP contribution in [0.4, 0.5) is 5.82 Å². The van der Waals surface area contributed by atoms with E-state index in [-0.39, 0.29) is 66.3 Å². The number of ether oxygens (including phenoxy) is 3. The van der Waals surface area contributed by atoms with Gasteiger partial charge in [0.05, 0.1) is 37.9 Å². The Bertz CT molecular complexity index is 2070. The van der Waals surface area contributed by atoms with E-state index in [0.717, 1.165) is 10.6 Å². The van der Waals surface area contributed by atoms with E-state index >= 15 is 0 Å². The van der Waals surface area contributed by atoms with Gasteiger partial charge in [0.1, 0.15) is 42.7 Å². The molecule has 268 valence electrons. The van der Waals surface area contributed by atoms with Crippen LogP contribution in [-0.4, -0.2) is 116 Å². The summed E-state index contributed by atoms with van der Waals surface area (Å²) in [4.78, 5) is 58.2. The van der Waals surface area contributed by atoms with Crippen LogP contribution in [0.1, 0.15) is 35.7 Å². The number of imidazole rings is 1. The summed E-state index contributed by atoms with van der Waals surface area (Å²) < 4.78 is 31.2. The van der Waals surface area contributed by atoms with Crippen molar-refractivity contribution in [2.24, 2.45) is 4.99 Å². The van der Waals surface area contributed by atoms with Crippen molar-refractivity contribution in [3.63, 3.8) is 0 Å². The average Bonchev–Trinajstić information content (AvgIpc) is 3.79. The molecule has 0 aliphatic carbocycles. The van der Waals surface area contributed by atoms with Crippen LogP contribution < -0.4 is 40.8 Å². The van der Waals surface area contributed by atoms with Crippen LogP contribution in [0.2, 0.25) is 0 Å². The van der Waals surface area contributed by atoms with Crippen LogP contribution in [0.15, 0.2) is 45.7 Å². The number of aliphatic hydroxyl groups excluding tert-OH is 3. The molecule has 3 unspecified atom stereocenters. The van der Waals surface area contributed by atoms with Gasteiger partial charge >= 0.3 is 42.0 Å². The number of hydrogen-bond donors (Lipinski definition) is 6. The van der Waals surface area contributed by atoms with Gasteiger partial charge in [-0.3, -0.25) is 28.4 Å². The summed E-state index contributed by atoms with van der Waals surface area (Å²) in [6.07, 6.45) is -0.523. The second kappa shape index (κ2) is 16.4. The second-order valence-corrected chi connectivity index (χ2v) is 14.1. The Morgan fingerprint density at radius 2 is 1.94 bits per heavy atom. The van der Waals surface area contributed by atoms with E-state index in [2.05, 4.69) is 29.9 Å². The van der Waals surface area contributed by atoms with E-state index in [1.54, 1.807) is 11.5 Å². The number of pyridine rings is 1. The summed E-state index contributed by atoms with van der Waals surface area (Å²) in [7, 11) is 1.30. The minimum atomic E-state index is -4.10. The molecule has 23 heteroatoms. The maximum Gasteiger partial charge on any atom is 1.00 e. The van der Waals surface area contributed by atoms with E-state index < -0.39 is 67.6 Å². The number of aromatic nitrogens is 7. The minimum Gasteiger partial charge on any atom is -0.505 e. The molecule has 0 aromatic carbocycles. The molecule has 2 aliphatic heterocycles. The topological polar surface area (TPSA) is 271 Å². The minimum absolute atomic E-state index is 0. The first-order valence-corrected chi connectivity index (χ1v) is 17.6. The average molecular weight is 760 g/mol. The molecule has 2 fully saturated rings. The van der Waals surface area contributed by atoms with Crippen LogP contribution in [0.25, 0.3) is 11.2 Å². The van der Waals surface area contributed by atoms with Gasteiger partial charge in [-0.25, -0.2) is 24.7 Å². The fraction of sp³-hybridized carbons (Fsp3) is 0.464. The Labute approximate surface area is 315 Å². The van der Waals surface area contributed by atoms with Crippen molar-refractivity contribution in [2.45, 2.75) is 62.9 Å². The van der Waals surface area contributed by atoms with Gasteiger partial charge < -0.3 is 44.1 Å². The van der Waals surface area contributed by atoms with Gasteiger partial charge in [-0.15, -0.1) is 0 Å². The molecule has 20 nitrogen and oxygen atoms in total. The van der Waals surface area contributed by atoms with Crippen LogP contribution in [0, 0.1) is 6.92 Å². The smallest absolute Gasteiger partial charge is 0.505 e. The zero-order chi connectivity index (χ0) is 35.7. The number of aliphatic imine (C=N–C) groups is 1. The number of nitrogens with one attached hydrogen (secondary N) is 1. The molecule has 2 saturated heterocycles. The molecule has 2 aliphatic rings. The van der Waals surface area contributed by atoms with E-state index in [9.17, 15) is 34.9 Å². The maximum atomic E-state index is 12.4. The zero-order valence-electron chi connectivity index (χ0n) is 27.4. The number of methoxy groups -OCH3 is 1. The summed E-state index contributed by atoms with van der Waals surface area (Å²) in [6, 6.07) is 1.11. The van der Waals surface area contributed by atoms with Crippen LogP contribution in [0.5, 0.6) is 5.75 Å². The SMILES string of the molecule is CO[C@H]1C(OP(O)(=S)OC[C@H]2O[C@@H](n3cnc4c(N=Cc5c(CO)cnc(C)c5O)ncnc43)CC2O)[C@@H](CO)O[C@H]1n1ccc(=O)[nH]c1=O.[Na+]. The molecule has 0 radical (unpaired) electrons. The van der Waals surface area contributed by atoms with Crippen molar-refractivity contribution in [1.82, 2.24) is 34.1 Å². The third-order valence-electron chi connectivity index (χ3n) is 8.22. The summed E-state index contributed by atoms with van der Waals surface area (Å²) >= 11 is 5.23. The Balaban J connectivity index is 0.00000504. The molecule has 0 saturated carbocycles. The Morgan fingerprint density at radius 3 is 2.65 bits per heavy atom. The fourth-order valence-corrected chi connectivity index (χ4v) is 7.11. The van der Waals surface area contributed by atoms with E-state index in [4.69, 9.17) is 35.1 Å². The zero-order valence-corrected chi connectivity index (χ0v) is 31.1. The molecule has 6 N–H and O–H groups in total. The number of aryl methyl sites for hydroxylation is 1. The molecule has 0 spiro atoms. The normalized spacial score (nSPS) is 26.1. The number of aromatic hydroxyl groups is 1. The molecule has 8 atom stereocenters. The molecular weight excluding hydrogens is 726 g/mol. The molecule has 4 aromatic heterocycles. The second-order valence-electron chi connectivity index (χ2n) is 11.3. The molecule has 0 bridgehead atoms. The van der Waals surface area contributed by atoms with E-state index in [1.165, 1.54) is 38.4 Å². The Hall–Kier alpha value is -2.86. The van der Waals surface area contributed by atoms with Gasteiger partial charge in [-0.2, -0.15) is 0 Å². The van der Waals surface area contributed by atoms with Crippen LogP contribution in [-0.2, 0) is 41.7 Å². The summed E-state index contributed by atoms with van der Waals surface area (Å²) in [5.41, 5.74) is 0.211. The number of aliphatic hydroxyl groups is 3. The monoisotopic (exact) mass is 759 g/mol. The van der Waals surface area contributed by atoms with Crippen molar-refractivity contribution in [3.05, 3.63) is 68.8 Å². The predicted octanol–water partition coefficient (Wildman–Crippen LogP) is -3.80. The number of nitrogens with zero attached hydrogens (tertiary/aromatic N) is 7. The molecule has 51 heavy (non-hydrogen) atoms. The van der Waals surface area contributed by atoms with Crippen molar-refractivity contribution in [2.75, 3.05) is 20.3 Å². The van der Waals surface area contributed by atoms with Crippen molar-refractivity contribution < 1.29 is 78.1 Å². The standard InChI is InChI=1S/C28H33N8O12PS.Na/c1-13-22(41)15(14(8-37)6-29-13)7-30-25-21-26(32-11-31-25)36(12-33-21)20-5-16(39)18(46-20)10-45-49(43,50)48-23-17(9-38)47-27(24(23)44-2)35-4-3-19(40)34-28(35)42;/h3-4,6-7,11-12,16-18,20,23-24,27,37-39,41H,5,8-10H2,1-2H3,(H,43,50)(H,34,40,42);/q;+1/t16?,17-,18-,20-,23?,24+,27-,49?;/m1./s1. The van der Waals surface area contributed by atoms with Gasteiger partial charge in [-0.1, -0.05) is 0 Å². The number of rotatable bonds is 12. The van der Waals surface area contributed by atoms with Crippen LogP contribution >= 0.6 is 6.72 Å². The van der Waals surface area contributed by atoms with Crippen LogP contribution in [0.3, 0.4) is 0 Å². The predicted molar refractivity (Wildman–Crippen MR) is 174 cm³/mol. The molecule has 4 aromatic rings. The largest absolute Gasteiger partial charge is 1.00 e. The van der Waals surface area contributed by atoms with Gasteiger partial charge in [-0.05, 0) is 18.7 Å². The number of hydrogen-bond acceptors (Lipinski definition) is 17. The summed E-state index contributed by atoms with van der Waals surface area (Å²) in [5.74, 6) is 0.0360. The maximum absolute atomic E-state index is 12.4. The number of fused-ring (bicyclic) bond motifs is 1. The molecule has 6 heterocycles. The Kier molecular flexibility index (Phi) is 12.7. The fourth-order valence-electron chi connectivity index (χ4n) is 5.67. The third-order valence-corrected chi connectivity index (χ3v) is 9.78. The van der Waals surface area contributed by atoms with Gasteiger partial charge in [0.15, 0.2) is 23.2 Å².